The molecule has 1 nitrogen and oxygen atoms in total. The second kappa shape index (κ2) is 14.1. The molecule has 0 aromatic heterocycles. The van der Waals surface area contributed by atoms with E-state index in [1.54, 1.807) is 0 Å². The number of hydrogen-bond donors (Lipinski definition) is 0. The predicted molar refractivity (Wildman–Crippen MR) is 126 cm³/mol. The van der Waals surface area contributed by atoms with Gasteiger partial charge in [0.1, 0.15) is 0 Å². The fourth-order valence-electron chi connectivity index (χ4n) is 3.89. The summed E-state index contributed by atoms with van der Waals surface area (Å²) in [5.41, 5.74) is 4.27. The van der Waals surface area contributed by atoms with Crippen LogP contribution in [0.4, 0.5) is 5.69 Å². The number of hydrogen-bond acceptors (Lipinski definition) is 1. The van der Waals surface area contributed by atoms with Gasteiger partial charge in [-0.05, 0) is 54.4 Å². The van der Waals surface area contributed by atoms with Crippen LogP contribution < -0.4 is 0 Å². The summed E-state index contributed by atoms with van der Waals surface area (Å²) in [6.07, 6.45) is 0. The van der Waals surface area contributed by atoms with E-state index in [1.165, 1.54) is 23.5 Å². The van der Waals surface area contributed by atoms with E-state index < -0.39 is 0 Å². The van der Waals surface area contributed by atoms with E-state index in [1.807, 2.05) is 43.3 Å². The Kier molecular flexibility index (Phi) is 13.7. The van der Waals surface area contributed by atoms with Crippen molar-refractivity contribution in [3.05, 3.63) is 73.2 Å². The third-order valence-corrected chi connectivity index (χ3v) is 6.58. The van der Waals surface area contributed by atoms with Crippen LogP contribution in [0.2, 0.25) is 0 Å². The first-order valence-electron chi connectivity index (χ1n) is 10.0. The Morgan fingerprint density at radius 3 is 1.66 bits per heavy atom. The van der Waals surface area contributed by atoms with Crippen LogP contribution in [0.25, 0.3) is 0 Å². The molecule has 0 atom stereocenters. The van der Waals surface area contributed by atoms with E-state index in [9.17, 15) is 0 Å². The van der Waals surface area contributed by atoms with Crippen LogP contribution in [0.5, 0.6) is 0 Å². The molecule has 2 aromatic rings. The second-order valence-corrected chi connectivity index (χ2v) is 8.10. The third kappa shape index (κ3) is 8.36. The number of nitrogens with zero attached hydrogens (tertiary/aromatic N) is 1. The normalized spacial score (nSPS) is 25.7. The molecule has 0 spiro atoms. The van der Waals surface area contributed by atoms with Gasteiger partial charge in [0.25, 0.3) is 0 Å². The minimum atomic E-state index is 0. The standard InChI is InChI=1S/C15H14N.C10H20.CH3.ClH.Ir/c1-12-8-10-15(11-9-12)16-13(2)14-6-4-3-5-7-14;1-6-7(2)9(4)10(5)8(6)3;;;/h3-6,8-11H,1-2H3;6-10H,1-5H3;1H3;1H;/q-1;;-1;;+3/p-1. The van der Waals surface area contributed by atoms with E-state index >= 15 is 0 Å². The van der Waals surface area contributed by atoms with Gasteiger partial charge in [0, 0.05) is 0 Å². The minimum absolute atomic E-state index is 0. The quantitative estimate of drug-likeness (QED) is 0.247. The van der Waals surface area contributed by atoms with Crippen molar-refractivity contribution >= 4 is 21.0 Å². The molecule has 0 unspecified atom stereocenters. The summed E-state index contributed by atoms with van der Waals surface area (Å²) >= 11 is 1.47. The molecule has 1 aliphatic rings. The van der Waals surface area contributed by atoms with Gasteiger partial charge in [-0.25, -0.2) is 0 Å². The van der Waals surface area contributed by atoms with Gasteiger partial charge in [-0.2, -0.15) is 0 Å². The molecule has 3 heteroatoms. The van der Waals surface area contributed by atoms with E-state index in [0.29, 0.717) is 0 Å². The third-order valence-electron chi connectivity index (χ3n) is 6.58. The van der Waals surface area contributed by atoms with Crippen LogP contribution in [0.1, 0.15) is 52.7 Å². The number of rotatable bonds is 2. The molecule has 0 bridgehead atoms. The molecule has 3 rings (SSSR count). The maximum absolute atomic E-state index is 4.64. The Labute approximate surface area is 194 Å². The Balaban J connectivity index is 0.000000524. The molecule has 1 fully saturated rings. The summed E-state index contributed by atoms with van der Waals surface area (Å²) in [6, 6.07) is 19.3. The van der Waals surface area contributed by atoms with Crippen molar-refractivity contribution in [2.75, 3.05) is 0 Å². The molecule has 1 saturated carbocycles. The van der Waals surface area contributed by atoms with E-state index in [-0.39, 0.29) is 7.43 Å². The van der Waals surface area contributed by atoms with Gasteiger partial charge >= 0.3 is 27.5 Å². The van der Waals surface area contributed by atoms with Crippen LogP contribution in [-0.2, 0) is 17.9 Å². The van der Waals surface area contributed by atoms with Gasteiger partial charge in [0.05, 0.1) is 5.69 Å². The molecule has 0 radical (unpaired) electrons. The first kappa shape index (κ1) is 28.0. The van der Waals surface area contributed by atoms with Gasteiger partial charge in [0.2, 0.25) is 0 Å². The van der Waals surface area contributed by atoms with Gasteiger partial charge in [-0.3, -0.25) is 0 Å². The zero-order valence-electron chi connectivity index (χ0n) is 19.2. The molecule has 1 aliphatic carbocycles. The molecule has 162 valence electrons. The van der Waals surface area contributed by atoms with Crippen molar-refractivity contribution in [2.45, 2.75) is 48.5 Å². The van der Waals surface area contributed by atoms with Crippen molar-refractivity contribution in [3.63, 3.8) is 0 Å². The average Bonchev–Trinajstić information content (AvgIpc) is 2.90. The fraction of sp³-hybridized carbons (Fsp3) is 0.462. The summed E-state index contributed by atoms with van der Waals surface area (Å²) in [4.78, 5) is 4.56. The van der Waals surface area contributed by atoms with Crippen LogP contribution in [-0.4, -0.2) is 5.71 Å². The number of aliphatic imine (C=N–C) groups is 1. The van der Waals surface area contributed by atoms with E-state index in [0.717, 1.165) is 46.6 Å². The van der Waals surface area contributed by atoms with Crippen molar-refractivity contribution in [1.29, 1.82) is 0 Å². The summed E-state index contributed by atoms with van der Waals surface area (Å²) < 4.78 is 0. The molecule has 0 aliphatic heterocycles. The topological polar surface area (TPSA) is 12.4 Å². The zero-order valence-corrected chi connectivity index (χ0v) is 22.3. The number of aryl methyl sites for hydroxylation is 1. The summed E-state index contributed by atoms with van der Waals surface area (Å²) in [7, 11) is 4.64. The molecule has 0 amide bonds. The molecule has 29 heavy (non-hydrogen) atoms. The van der Waals surface area contributed by atoms with Crippen molar-refractivity contribution < 1.29 is 17.9 Å². The zero-order chi connectivity index (χ0) is 21.3. The van der Waals surface area contributed by atoms with Crippen LogP contribution >= 0.6 is 9.58 Å². The molecular formula is C26H37ClIrN. The van der Waals surface area contributed by atoms with Crippen molar-refractivity contribution in [1.82, 2.24) is 0 Å². The van der Waals surface area contributed by atoms with Gasteiger partial charge in [0.15, 0.2) is 0 Å². The number of halogens is 1. The van der Waals surface area contributed by atoms with Crippen LogP contribution in [0.15, 0.2) is 53.5 Å². The Bertz CT molecular complexity index is 666. The second-order valence-electron chi connectivity index (χ2n) is 8.10. The van der Waals surface area contributed by atoms with Gasteiger partial charge in [-0.1, -0.05) is 59.2 Å². The molecule has 2 aromatic carbocycles. The first-order chi connectivity index (χ1) is 13.3. The predicted octanol–water partition coefficient (Wildman–Crippen LogP) is 8.25. The monoisotopic (exact) mass is 591 g/mol. The molecule has 0 saturated heterocycles. The SMILES string of the molecule is CC(=Nc1ccc(C)cc1)c1[c-]cccc1.CC1C(C)C(C)C(C)C1C.[CH3-].[Cl][Ir+2]. The first-order valence-corrected chi connectivity index (χ1v) is 13.0. The van der Waals surface area contributed by atoms with Gasteiger partial charge < -0.3 is 12.4 Å². The summed E-state index contributed by atoms with van der Waals surface area (Å²) in [5, 5.41) is 0. The Morgan fingerprint density at radius 2 is 1.28 bits per heavy atom. The van der Waals surface area contributed by atoms with Crippen molar-refractivity contribution in [2.24, 2.45) is 34.6 Å². The molecule has 0 N–H and O–H groups in total. The van der Waals surface area contributed by atoms with Crippen LogP contribution in [0.3, 0.4) is 0 Å². The van der Waals surface area contributed by atoms with E-state index in [4.69, 9.17) is 0 Å². The fourth-order valence-corrected chi connectivity index (χ4v) is 3.89. The van der Waals surface area contributed by atoms with E-state index in [2.05, 4.69) is 74.3 Å². The van der Waals surface area contributed by atoms with Crippen molar-refractivity contribution in [3.8, 4) is 0 Å². The average molecular weight is 591 g/mol. The van der Waals surface area contributed by atoms with Gasteiger partial charge in [-0.15, -0.1) is 35.9 Å². The Morgan fingerprint density at radius 1 is 0.828 bits per heavy atom. The summed E-state index contributed by atoms with van der Waals surface area (Å²) in [6.45, 7) is 16.1. The number of benzene rings is 2. The maximum atomic E-state index is 4.64. The Hall–Kier alpha value is -0.951. The van der Waals surface area contributed by atoms with Crippen LogP contribution in [0, 0.1) is 50.0 Å². The molecule has 0 heterocycles. The molecular weight excluding hydrogens is 554 g/mol. The summed E-state index contributed by atoms with van der Waals surface area (Å²) in [5.74, 6) is 4.68.